The van der Waals surface area contributed by atoms with E-state index in [2.05, 4.69) is 25.5 Å². The van der Waals surface area contributed by atoms with Gasteiger partial charge in [0.2, 0.25) is 0 Å². The largest absolute Gasteiger partial charge is 0.369 e. The lowest BCUT2D eigenvalue weighted by molar-refractivity contribution is 0.0954. The van der Waals surface area contributed by atoms with Crippen LogP contribution in [0.5, 0.6) is 0 Å². The lowest BCUT2D eigenvalue weighted by Crippen LogP contribution is -2.28. The molecule has 194 valence electrons. The molecule has 0 bridgehead atoms. The number of amides is 2. The summed E-state index contributed by atoms with van der Waals surface area (Å²) in [7, 11) is 1.88. The van der Waals surface area contributed by atoms with E-state index < -0.39 is 0 Å². The van der Waals surface area contributed by atoms with E-state index in [1.165, 1.54) is 0 Å². The standard InChI is InChI=1S/C26H29Cl2N7O2/c1-34-16-19(31-26(37)17-2-5-20(6-3-17)35(12-8-27)13-9-28)15-23(34)24-32-21-7-4-18(14-22(21)33-24)25(36)30-11-10-29/h2-7,14-16H,8-13,29H2,1H3,(H,30,36)(H,31,37)(H,32,33). The number of carbonyl (C=O) groups is 2. The van der Waals surface area contributed by atoms with E-state index in [0.29, 0.717) is 60.6 Å². The summed E-state index contributed by atoms with van der Waals surface area (Å²) in [6, 6.07) is 14.5. The molecule has 9 nitrogen and oxygen atoms in total. The summed E-state index contributed by atoms with van der Waals surface area (Å²) in [5.74, 6) is 1.20. The van der Waals surface area contributed by atoms with Crippen LogP contribution in [0.2, 0.25) is 0 Å². The number of aromatic amines is 1. The van der Waals surface area contributed by atoms with Gasteiger partial charge >= 0.3 is 0 Å². The number of nitrogens with two attached hydrogens (primary N) is 1. The summed E-state index contributed by atoms with van der Waals surface area (Å²) in [4.78, 5) is 35.1. The Morgan fingerprint density at radius 3 is 2.41 bits per heavy atom. The van der Waals surface area contributed by atoms with Gasteiger partial charge in [-0.05, 0) is 48.5 Å². The molecule has 0 saturated carbocycles. The molecule has 0 atom stereocenters. The van der Waals surface area contributed by atoms with E-state index in [1.807, 2.05) is 36.0 Å². The average molecular weight is 542 g/mol. The minimum Gasteiger partial charge on any atom is -0.369 e. The quantitative estimate of drug-likeness (QED) is 0.215. The molecular weight excluding hydrogens is 513 g/mol. The third kappa shape index (κ3) is 6.25. The van der Waals surface area contributed by atoms with Crippen molar-refractivity contribution in [2.24, 2.45) is 12.8 Å². The lowest BCUT2D eigenvalue weighted by atomic mass is 10.1. The number of H-pyrrole nitrogens is 1. The van der Waals surface area contributed by atoms with Gasteiger partial charge in [-0.2, -0.15) is 0 Å². The van der Waals surface area contributed by atoms with Crippen LogP contribution in [0, 0.1) is 0 Å². The fourth-order valence-electron chi connectivity index (χ4n) is 4.03. The Labute approximate surface area is 224 Å². The third-order valence-corrected chi connectivity index (χ3v) is 6.22. The number of benzene rings is 2. The molecule has 2 amide bonds. The Hall–Kier alpha value is -3.53. The number of imidazole rings is 1. The van der Waals surface area contributed by atoms with Gasteiger partial charge in [0.25, 0.3) is 11.8 Å². The zero-order valence-corrected chi connectivity index (χ0v) is 21.9. The van der Waals surface area contributed by atoms with Gasteiger partial charge in [0, 0.05) is 68.0 Å². The van der Waals surface area contributed by atoms with Crippen molar-refractivity contribution in [2.75, 3.05) is 48.2 Å². The van der Waals surface area contributed by atoms with Crippen LogP contribution in [0.4, 0.5) is 11.4 Å². The van der Waals surface area contributed by atoms with E-state index >= 15 is 0 Å². The van der Waals surface area contributed by atoms with Gasteiger partial charge in [0.05, 0.1) is 22.4 Å². The highest BCUT2D eigenvalue weighted by molar-refractivity contribution is 6.18. The molecule has 0 saturated heterocycles. The average Bonchev–Trinajstić information content (AvgIpc) is 3.49. The maximum Gasteiger partial charge on any atom is 0.255 e. The predicted molar refractivity (Wildman–Crippen MR) is 150 cm³/mol. The van der Waals surface area contributed by atoms with Crippen molar-refractivity contribution in [2.45, 2.75) is 0 Å². The van der Waals surface area contributed by atoms with E-state index in [1.54, 1.807) is 30.3 Å². The first kappa shape index (κ1) is 26.5. The van der Waals surface area contributed by atoms with Crippen LogP contribution < -0.4 is 21.3 Å². The normalized spacial score (nSPS) is 11.0. The molecule has 2 heterocycles. The molecule has 0 fully saturated rings. The van der Waals surface area contributed by atoms with Crippen molar-refractivity contribution in [1.29, 1.82) is 0 Å². The Balaban J connectivity index is 1.48. The van der Waals surface area contributed by atoms with Crippen molar-refractivity contribution in [1.82, 2.24) is 19.9 Å². The molecule has 2 aromatic carbocycles. The first-order valence-corrected chi connectivity index (χ1v) is 12.9. The molecule has 0 radical (unpaired) electrons. The monoisotopic (exact) mass is 541 g/mol. The summed E-state index contributed by atoms with van der Waals surface area (Å²) < 4.78 is 1.88. The highest BCUT2D eigenvalue weighted by Crippen LogP contribution is 2.26. The predicted octanol–water partition coefficient (Wildman–Crippen LogP) is 3.79. The molecule has 0 aliphatic rings. The lowest BCUT2D eigenvalue weighted by Gasteiger charge is -2.22. The number of hydrogen-bond donors (Lipinski definition) is 4. The van der Waals surface area contributed by atoms with Crippen molar-refractivity contribution < 1.29 is 9.59 Å². The number of nitrogens with one attached hydrogen (secondary N) is 3. The Morgan fingerprint density at radius 1 is 1.03 bits per heavy atom. The van der Waals surface area contributed by atoms with Crippen LogP contribution >= 0.6 is 23.2 Å². The number of rotatable bonds is 11. The molecule has 5 N–H and O–H groups in total. The zero-order chi connectivity index (χ0) is 26.4. The fourth-order valence-corrected chi connectivity index (χ4v) is 4.44. The molecule has 0 aliphatic carbocycles. The van der Waals surface area contributed by atoms with Gasteiger partial charge in [-0.25, -0.2) is 4.98 Å². The van der Waals surface area contributed by atoms with Crippen LogP contribution in [0.1, 0.15) is 20.7 Å². The second-order valence-corrected chi connectivity index (χ2v) is 9.21. The Kier molecular flexibility index (Phi) is 8.70. The Morgan fingerprint density at radius 2 is 1.73 bits per heavy atom. The van der Waals surface area contributed by atoms with Crippen molar-refractivity contribution in [3.8, 4) is 11.5 Å². The summed E-state index contributed by atoms with van der Waals surface area (Å²) in [5.41, 5.74) is 10.4. The summed E-state index contributed by atoms with van der Waals surface area (Å²) in [6.45, 7) is 2.14. The van der Waals surface area contributed by atoms with Gasteiger partial charge in [-0.3, -0.25) is 9.59 Å². The molecular formula is C26H29Cl2N7O2. The number of aromatic nitrogens is 3. The van der Waals surface area contributed by atoms with E-state index in [4.69, 9.17) is 28.9 Å². The van der Waals surface area contributed by atoms with Crippen LogP contribution in [0.3, 0.4) is 0 Å². The van der Waals surface area contributed by atoms with Crippen molar-refractivity contribution in [3.63, 3.8) is 0 Å². The number of nitrogens with zero attached hydrogens (tertiary/aromatic N) is 3. The molecule has 4 rings (SSSR count). The molecule has 0 unspecified atom stereocenters. The van der Waals surface area contributed by atoms with Gasteiger partial charge in [0.1, 0.15) is 0 Å². The number of halogens is 2. The van der Waals surface area contributed by atoms with Crippen LogP contribution in [-0.4, -0.2) is 64.3 Å². The second-order valence-electron chi connectivity index (χ2n) is 8.45. The smallest absolute Gasteiger partial charge is 0.255 e. The minimum atomic E-state index is -0.220. The molecule has 0 spiro atoms. The summed E-state index contributed by atoms with van der Waals surface area (Å²) >= 11 is 11.8. The van der Waals surface area contributed by atoms with E-state index in [0.717, 1.165) is 22.4 Å². The maximum atomic E-state index is 12.9. The Bertz CT molecular complexity index is 1380. The molecule has 4 aromatic rings. The van der Waals surface area contributed by atoms with Crippen LogP contribution in [-0.2, 0) is 7.05 Å². The fraction of sp³-hybridized carbons (Fsp3) is 0.269. The third-order valence-electron chi connectivity index (χ3n) is 5.88. The van der Waals surface area contributed by atoms with Gasteiger partial charge in [-0.1, -0.05) is 0 Å². The van der Waals surface area contributed by atoms with Crippen LogP contribution in [0.15, 0.2) is 54.7 Å². The highest BCUT2D eigenvalue weighted by atomic mass is 35.5. The van der Waals surface area contributed by atoms with E-state index in [-0.39, 0.29) is 11.8 Å². The highest BCUT2D eigenvalue weighted by Gasteiger charge is 2.15. The van der Waals surface area contributed by atoms with Crippen molar-refractivity contribution >= 4 is 57.4 Å². The summed E-state index contributed by atoms with van der Waals surface area (Å²) in [5, 5.41) is 5.71. The number of carbonyl (C=O) groups excluding carboxylic acids is 2. The van der Waals surface area contributed by atoms with Gasteiger partial charge < -0.3 is 30.8 Å². The van der Waals surface area contributed by atoms with Crippen LogP contribution in [0.25, 0.3) is 22.6 Å². The molecule has 11 heteroatoms. The summed E-state index contributed by atoms with van der Waals surface area (Å²) in [6.07, 6.45) is 1.82. The van der Waals surface area contributed by atoms with Crippen molar-refractivity contribution in [3.05, 3.63) is 65.9 Å². The number of anilines is 2. The van der Waals surface area contributed by atoms with Gasteiger partial charge in [-0.15, -0.1) is 23.2 Å². The first-order valence-electron chi connectivity index (χ1n) is 11.9. The molecule has 2 aromatic heterocycles. The number of fused-ring (bicyclic) bond motifs is 1. The number of alkyl halides is 2. The second kappa shape index (κ2) is 12.1. The SMILES string of the molecule is Cn1cc(NC(=O)c2ccc(N(CCCl)CCCl)cc2)cc1-c1nc2ccc(C(=O)NCCN)cc2[nH]1. The molecule has 37 heavy (non-hydrogen) atoms. The van der Waals surface area contributed by atoms with Gasteiger partial charge in [0.15, 0.2) is 5.82 Å². The van der Waals surface area contributed by atoms with E-state index in [9.17, 15) is 9.59 Å². The maximum absolute atomic E-state index is 12.9. The molecule has 0 aliphatic heterocycles. The number of aryl methyl sites for hydroxylation is 1. The first-order chi connectivity index (χ1) is 17.9. The topological polar surface area (TPSA) is 121 Å². The zero-order valence-electron chi connectivity index (χ0n) is 20.4. The minimum absolute atomic E-state index is 0.189. The number of hydrogen-bond acceptors (Lipinski definition) is 5.